The van der Waals surface area contributed by atoms with Crippen molar-refractivity contribution in [2.24, 2.45) is 0 Å². The molecule has 0 aliphatic carbocycles. The van der Waals surface area contributed by atoms with Gasteiger partial charge in [0.05, 0.1) is 11.9 Å². The van der Waals surface area contributed by atoms with Crippen LogP contribution in [0.1, 0.15) is 29.7 Å². The minimum Gasteiger partial charge on any atom is -0.296 e. The highest BCUT2D eigenvalue weighted by molar-refractivity contribution is 5.14. The fraction of sp³-hybridized carbons (Fsp3) is 0.462. The van der Waals surface area contributed by atoms with Crippen LogP contribution in [-0.2, 0) is 19.5 Å². The Labute approximate surface area is 107 Å². The summed E-state index contributed by atoms with van der Waals surface area (Å²) in [7, 11) is 2.08. The molecular formula is C13H19N5. The van der Waals surface area contributed by atoms with E-state index in [1.165, 1.54) is 5.56 Å². The highest BCUT2D eigenvalue weighted by Crippen LogP contribution is 2.08. The molecule has 0 unspecified atom stereocenters. The molecule has 0 aliphatic heterocycles. The Morgan fingerprint density at radius 3 is 2.83 bits per heavy atom. The molecule has 2 aromatic heterocycles. The molecule has 18 heavy (non-hydrogen) atoms. The smallest absolute Gasteiger partial charge is 0.128 e. The molecule has 0 aromatic carbocycles. The lowest BCUT2D eigenvalue weighted by atomic mass is 10.2. The topological polar surface area (TPSA) is 57.7 Å². The summed E-state index contributed by atoms with van der Waals surface area (Å²) in [5, 5.41) is 6.99. The van der Waals surface area contributed by atoms with Crippen molar-refractivity contribution in [3.05, 3.63) is 41.2 Å². The average molecular weight is 245 g/mol. The van der Waals surface area contributed by atoms with Gasteiger partial charge in [-0.15, -0.1) is 0 Å². The second-order valence-electron chi connectivity index (χ2n) is 4.51. The first-order valence-corrected chi connectivity index (χ1v) is 6.17. The highest BCUT2D eigenvalue weighted by Gasteiger charge is 2.06. The minimum atomic E-state index is 0.820. The molecule has 1 N–H and O–H groups in total. The fourth-order valence-electron chi connectivity index (χ4n) is 1.86. The van der Waals surface area contributed by atoms with Gasteiger partial charge >= 0.3 is 0 Å². The molecule has 0 atom stereocenters. The second kappa shape index (κ2) is 5.73. The largest absolute Gasteiger partial charge is 0.296 e. The Bertz CT molecular complexity index is 506. The van der Waals surface area contributed by atoms with Crippen LogP contribution >= 0.6 is 0 Å². The van der Waals surface area contributed by atoms with Gasteiger partial charge in [0.25, 0.3) is 0 Å². The van der Waals surface area contributed by atoms with Gasteiger partial charge < -0.3 is 0 Å². The number of hydrogen-bond donors (Lipinski definition) is 1. The predicted octanol–water partition coefficient (Wildman–Crippen LogP) is 1.70. The first kappa shape index (κ1) is 12.7. The Kier molecular flexibility index (Phi) is 4.04. The first-order valence-electron chi connectivity index (χ1n) is 6.17. The van der Waals surface area contributed by atoms with Crippen LogP contribution in [0.3, 0.4) is 0 Å². The average Bonchev–Trinajstić information content (AvgIpc) is 2.75. The SMILES string of the molecule is CCc1nccc(CN(C)Cc2cn[nH]c2C)n1. The van der Waals surface area contributed by atoms with E-state index < -0.39 is 0 Å². The van der Waals surface area contributed by atoms with Gasteiger partial charge in [-0.3, -0.25) is 10.00 Å². The molecule has 2 heterocycles. The monoisotopic (exact) mass is 245 g/mol. The van der Waals surface area contributed by atoms with E-state index in [0.29, 0.717) is 0 Å². The number of nitrogens with one attached hydrogen (secondary N) is 1. The summed E-state index contributed by atoms with van der Waals surface area (Å²) in [6, 6.07) is 1.97. The number of nitrogens with zero attached hydrogens (tertiary/aromatic N) is 4. The summed E-state index contributed by atoms with van der Waals surface area (Å²) in [4.78, 5) is 10.9. The summed E-state index contributed by atoms with van der Waals surface area (Å²) < 4.78 is 0. The lowest BCUT2D eigenvalue weighted by Gasteiger charge is -2.15. The Hall–Kier alpha value is -1.75. The molecule has 2 rings (SSSR count). The molecule has 2 aromatic rings. The van der Waals surface area contributed by atoms with Crippen LogP contribution in [0.25, 0.3) is 0 Å². The van der Waals surface area contributed by atoms with Gasteiger partial charge in [0, 0.05) is 37.0 Å². The maximum atomic E-state index is 4.51. The maximum absolute atomic E-state index is 4.51. The van der Waals surface area contributed by atoms with Crippen molar-refractivity contribution in [3.8, 4) is 0 Å². The van der Waals surface area contributed by atoms with Crippen LogP contribution < -0.4 is 0 Å². The summed E-state index contributed by atoms with van der Waals surface area (Å²) in [6.07, 6.45) is 4.58. The van der Waals surface area contributed by atoms with Crippen molar-refractivity contribution in [1.82, 2.24) is 25.1 Å². The van der Waals surface area contributed by atoms with Gasteiger partial charge in [0.1, 0.15) is 5.82 Å². The molecule has 0 spiro atoms. The highest BCUT2D eigenvalue weighted by atomic mass is 15.1. The fourth-order valence-corrected chi connectivity index (χ4v) is 1.86. The molecule has 0 amide bonds. The molecule has 5 heteroatoms. The maximum Gasteiger partial charge on any atom is 0.128 e. The van der Waals surface area contributed by atoms with E-state index in [2.05, 4.69) is 39.0 Å². The molecule has 0 aliphatic rings. The normalized spacial score (nSPS) is 11.1. The zero-order valence-electron chi connectivity index (χ0n) is 11.1. The van der Waals surface area contributed by atoms with E-state index in [1.807, 2.05) is 25.4 Å². The number of aryl methyl sites for hydroxylation is 2. The van der Waals surface area contributed by atoms with Gasteiger partial charge in [0.2, 0.25) is 0 Å². The van der Waals surface area contributed by atoms with Crippen LogP contribution in [0.2, 0.25) is 0 Å². The molecular weight excluding hydrogens is 226 g/mol. The van der Waals surface area contributed by atoms with Crippen molar-refractivity contribution >= 4 is 0 Å². The van der Waals surface area contributed by atoms with Crippen LogP contribution in [0.15, 0.2) is 18.5 Å². The number of H-pyrrole nitrogens is 1. The minimum absolute atomic E-state index is 0.820. The van der Waals surface area contributed by atoms with E-state index in [-0.39, 0.29) is 0 Å². The lowest BCUT2D eigenvalue weighted by Crippen LogP contribution is -2.18. The summed E-state index contributed by atoms with van der Waals surface area (Å²) in [5.41, 5.74) is 3.41. The zero-order valence-corrected chi connectivity index (χ0v) is 11.1. The summed E-state index contributed by atoms with van der Waals surface area (Å²) in [5.74, 6) is 0.903. The number of aromatic nitrogens is 4. The number of aromatic amines is 1. The summed E-state index contributed by atoms with van der Waals surface area (Å²) >= 11 is 0. The third-order valence-electron chi connectivity index (χ3n) is 2.89. The van der Waals surface area contributed by atoms with Crippen molar-refractivity contribution in [3.63, 3.8) is 0 Å². The van der Waals surface area contributed by atoms with Gasteiger partial charge in [0.15, 0.2) is 0 Å². The van der Waals surface area contributed by atoms with Crippen molar-refractivity contribution in [2.75, 3.05) is 7.05 Å². The Balaban J connectivity index is 1.98. The molecule has 0 bridgehead atoms. The molecule has 96 valence electrons. The van der Waals surface area contributed by atoms with Crippen molar-refractivity contribution in [1.29, 1.82) is 0 Å². The molecule has 0 radical (unpaired) electrons. The third-order valence-corrected chi connectivity index (χ3v) is 2.89. The molecule has 5 nitrogen and oxygen atoms in total. The van der Waals surface area contributed by atoms with Crippen molar-refractivity contribution < 1.29 is 0 Å². The Morgan fingerprint density at radius 2 is 2.17 bits per heavy atom. The van der Waals surface area contributed by atoms with Crippen LogP contribution in [0.4, 0.5) is 0 Å². The van der Waals surface area contributed by atoms with Gasteiger partial charge in [-0.1, -0.05) is 6.92 Å². The summed E-state index contributed by atoms with van der Waals surface area (Å²) in [6.45, 7) is 5.79. The van der Waals surface area contributed by atoms with E-state index >= 15 is 0 Å². The van der Waals surface area contributed by atoms with Gasteiger partial charge in [-0.2, -0.15) is 5.10 Å². The standard InChI is InChI=1S/C13H19N5/c1-4-13-14-6-5-12(16-13)9-18(3)8-11-7-15-17-10(11)2/h5-7H,4,8-9H2,1-3H3,(H,15,17). The van der Waals surface area contributed by atoms with Crippen LogP contribution in [0.5, 0.6) is 0 Å². The van der Waals surface area contributed by atoms with Gasteiger partial charge in [-0.25, -0.2) is 9.97 Å². The van der Waals surface area contributed by atoms with Crippen molar-refractivity contribution in [2.45, 2.75) is 33.4 Å². The van der Waals surface area contributed by atoms with E-state index in [1.54, 1.807) is 0 Å². The quantitative estimate of drug-likeness (QED) is 0.871. The van der Waals surface area contributed by atoms with Gasteiger partial charge in [-0.05, 0) is 20.0 Å². The predicted molar refractivity (Wildman–Crippen MR) is 69.9 cm³/mol. The van der Waals surface area contributed by atoms with E-state index in [9.17, 15) is 0 Å². The second-order valence-corrected chi connectivity index (χ2v) is 4.51. The molecule has 0 saturated heterocycles. The lowest BCUT2D eigenvalue weighted by molar-refractivity contribution is 0.314. The van der Waals surface area contributed by atoms with E-state index in [4.69, 9.17) is 0 Å². The Morgan fingerprint density at radius 1 is 1.33 bits per heavy atom. The molecule has 0 fully saturated rings. The molecule has 0 saturated carbocycles. The van der Waals surface area contributed by atoms with Crippen LogP contribution in [-0.4, -0.2) is 32.1 Å². The zero-order chi connectivity index (χ0) is 13.0. The number of rotatable bonds is 5. The third kappa shape index (κ3) is 3.13. The van der Waals surface area contributed by atoms with Crippen LogP contribution in [0, 0.1) is 6.92 Å². The number of hydrogen-bond acceptors (Lipinski definition) is 4. The van der Waals surface area contributed by atoms with E-state index in [0.717, 1.165) is 36.7 Å². The first-order chi connectivity index (χ1) is 8.69.